The first-order valence-electron chi connectivity index (χ1n) is 8.71. The van der Waals surface area contributed by atoms with E-state index in [4.69, 9.17) is 0 Å². The Morgan fingerprint density at radius 1 is 1.17 bits per heavy atom. The number of para-hydroxylation sites is 1. The van der Waals surface area contributed by atoms with E-state index in [1.165, 1.54) is 30.3 Å². The number of halogens is 2. The number of carbonyl (C=O) groups excluding carboxylic acids is 1. The Morgan fingerprint density at radius 2 is 1.87 bits per heavy atom. The van der Waals surface area contributed by atoms with E-state index in [2.05, 4.69) is 19.8 Å². The quantitative estimate of drug-likeness (QED) is 0.538. The number of amides is 1. The van der Waals surface area contributed by atoms with Crippen LogP contribution in [0.4, 0.5) is 13.9 Å². The minimum Gasteiger partial charge on any atom is -0.434 e. The molecule has 0 aliphatic rings. The maximum atomic E-state index is 12.6. The molecule has 2 aromatic carbocycles. The Balaban J connectivity index is 1.75. The molecule has 0 atom stereocenters. The van der Waals surface area contributed by atoms with Crippen LogP contribution in [-0.2, 0) is 10.0 Å². The molecule has 7 nitrogen and oxygen atoms in total. The fourth-order valence-corrected chi connectivity index (χ4v) is 4.31. The molecular weight excluding hydrogens is 436 g/mol. The maximum absolute atomic E-state index is 12.6. The molecule has 11 heteroatoms. The van der Waals surface area contributed by atoms with Gasteiger partial charge in [0.2, 0.25) is 10.0 Å². The molecule has 0 saturated carbocycles. The highest BCUT2D eigenvalue weighted by Gasteiger charge is 2.16. The zero-order valence-electron chi connectivity index (χ0n) is 15.6. The van der Waals surface area contributed by atoms with Crippen molar-refractivity contribution in [1.82, 2.24) is 9.71 Å². The summed E-state index contributed by atoms with van der Waals surface area (Å²) >= 11 is 1.12. The van der Waals surface area contributed by atoms with Crippen molar-refractivity contribution in [2.24, 2.45) is 0 Å². The number of aromatic nitrogens is 1. The number of ether oxygens (including phenoxy) is 1. The van der Waals surface area contributed by atoms with Gasteiger partial charge in [-0.3, -0.25) is 10.1 Å². The molecule has 0 fully saturated rings. The average Bonchev–Trinajstić information content (AvgIpc) is 3.16. The Kier molecular flexibility index (Phi) is 6.75. The van der Waals surface area contributed by atoms with E-state index in [1.54, 1.807) is 30.5 Å². The summed E-state index contributed by atoms with van der Waals surface area (Å²) in [6.45, 7) is -1.05. The first-order chi connectivity index (χ1) is 14.3. The summed E-state index contributed by atoms with van der Waals surface area (Å²) in [5, 5.41) is 4.47. The molecule has 0 aliphatic heterocycles. The number of sulfonamides is 1. The third-order valence-electron chi connectivity index (χ3n) is 3.86. The van der Waals surface area contributed by atoms with Gasteiger partial charge in [0.15, 0.2) is 5.13 Å². The maximum Gasteiger partial charge on any atom is 0.387 e. The van der Waals surface area contributed by atoms with Crippen molar-refractivity contribution in [2.75, 3.05) is 11.9 Å². The van der Waals surface area contributed by atoms with Gasteiger partial charge in [0.05, 0.1) is 10.6 Å². The van der Waals surface area contributed by atoms with Crippen LogP contribution < -0.4 is 14.8 Å². The lowest BCUT2D eigenvalue weighted by Crippen LogP contribution is -2.23. The van der Waals surface area contributed by atoms with Crippen LogP contribution in [0.15, 0.2) is 58.8 Å². The second-order valence-electron chi connectivity index (χ2n) is 5.89. The van der Waals surface area contributed by atoms with Gasteiger partial charge in [-0.2, -0.15) is 8.78 Å². The van der Waals surface area contributed by atoms with Gasteiger partial charge in [-0.1, -0.05) is 19.1 Å². The fourth-order valence-electron chi connectivity index (χ4n) is 2.56. The molecule has 2 N–H and O–H groups in total. The first-order valence-corrected chi connectivity index (χ1v) is 11.1. The second kappa shape index (κ2) is 9.28. The van der Waals surface area contributed by atoms with Gasteiger partial charge < -0.3 is 4.74 Å². The molecule has 3 aromatic rings. The summed E-state index contributed by atoms with van der Waals surface area (Å²) in [5.74, 6) is -0.506. The van der Waals surface area contributed by atoms with Crippen LogP contribution in [0.2, 0.25) is 0 Å². The van der Waals surface area contributed by atoms with Crippen LogP contribution in [0.5, 0.6) is 5.75 Å². The number of carbonyl (C=O) groups is 1. The van der Waals surface area contributed by atoms with Gasteiger partial charge in [0, 0.05) is 23.1 Å². The van der Waals surface area contributed by atoms with Gasteiger partial charge in [0.1, 0.15) is 5.75 Å². The van der Waals surface area contributed by atoms with Crippen LogP contribution in [-0.4, -0.2) is 32.5 Å². The summed E-state index contributed by atoms with van der Waals surface area (Å²) < 4.78 is 56.0. The number of thiazole rings is 1. The lowest BCUT2D eigenvalue weighted by Gasteiger charge is -2.08. The van der Waals surface area contributed by atoms with Crippen molar-refractivity contribution in [3.8, 4) is 17.0 Å². The van der Waals surface area contributed by atoms with Crippen LogP contribution in [0.25, 0.3) is 11.3 Å². The van der Waals surface area contributed by atoms with Crippen molar-refractivity contribution >= 4 is 32.4 Å². The molecule has 1 heterocycles. The molecule has 0 aliphatic carbocycles. The molecule has 0 unspecified atom stereocenters. The van der Waals surface area contributed by atoms with Crippen molar-refractivity contribution in [3.05, 3.63) is 59.5 Å². The first kappa shape index (κ1) is 21.8. The topological polar surface area (TPSA) is 97.4 Å². The molecule has 1 aromatic heterocycles. The molecule has 1 amide bonds. The van der Waals surface area contributed by atoms with Crippen LogP contribution >= 0.6 is 11.3 Å². The number of benzene rings is 2. The Labute approximate surface area is 175 Å². The number of nitrogens with one attached hydrogen (secondary N) is 2. The Bertz CT molecular complexity index is 1130. The zero-order chi connectivity index (χ0) is 21.7. The average molecular weight is 453 g/mol. The predicted octanol–water partition coefficient (Wildman–Crippen LogP) is 3.96. The van der Waals surface area contributed by atoms with Crippen molar-refractivity contribution < 1.29 is 26.7 Å². The normalized spacial score (nSPS) is 11.5. The number of rotatable bonds is 8. The Hall–Kier alpha value is -2.89. The number of alkyl halides is 2. The van der Waals surface area contributed by atoms with E-state index in [1.807, 2.05) is 0 Å². The van der Waals surface area contributed by atoms with Gasteiger partial charge in [-0.05, 0) is 36.4 Å². The summed E-state index contributed by atoms with van der Waals surface area (Å²) in [4.78, 5) is 16.7. The van der Waals surface area contributed by atoms with Crippen molar-refractivity contribution in [2.45, 2.75) is 18.4 Å². The number of nitrogens with zero attached hydrogens (tertiary/aromatic N) is 1. The highest BCUT2D eigenvalue weighted by molar-refractivity contribution is 7.89. The monoisotopic (exact) mass is 453 g/mol. The summed E-state index contributed by atoms with van der Waals surface area (Å²) in [6, 6.07) is 11.7. The van der Waals surface area contributed by atoms with Crippen molar-refractivity contribution in [1.29, 1.82) is 0 Å². The SMILES string of the molecule is CCNS(=O)(=O)c1ccc(C(=O)Nc2nc(-c3ccccc3OC(F)F)cs2)cc1. The largest absolute Gasteiger partial charge is 0.434 e. The molecule has 30 heavy (non-hydrogen) atoms. The van der Waals surface area contributed by atoms with Crippen LogP contribution in [0.1, 0.15) is 17.3 Å². The zero-order valence-corrected chi connectivity index (χ0v) is 17.3. The molecule has 0 bridgehead atoms. The fraction of sp³-hybridized carbons (Fsp3) is 0.158. The molecule has 3 rings (SSSR count). The number of anilines is 1. The third kappa shape index (κ3) is 5.17. The van der Waals surface area contributed by atoms with Gasteiger partial charge in [0.25, 0.3) is 5.91 Å². The second-order valence-corrected chi connectivity index (χ2v) is 8.52. The van der Waals surface area contributed by atoms with Gasteiger partial charge >= 0.3 is 6.61 Å². The van der Waals surface area contributed by atoms with E-state index < -0.39 is 22.5 Å². The molecular formula is C19H17F2N3O4S2. The molecule has 158 valence electrons. The van der Waals surface area contributed by atoms with Crippen LogP contribution in [0, 0.1) is 0 Å². The lowest BCUT2D eigenvalue weighted by molar-refractivity contribution is -0.0494. The molecule has 0 saturated heterocycles. The third-order valence-corrected chi connectivity index (χ3v) is 6.18. The standard InChI is InChI=1S/C19H17F2N3O4S2/c1-2-22-30(26,27)13-9-7-12(8-10-13)17(25)24-19-23-15(11-29-19)14-5-3-4-6-16(14)28-18(20)21/h3-11,18,22H,2H2,1H3,(H,23,24,25). The van der Waals surface area contributed by atoms with E-state index in [-0.39, 0.29) is 27.9 Å². The van der Waals surface area contributed by atoms with E-state index in [0.717, 1.165) is 11.3 Å². The summed E-state index contributed by atoms with van der Waals surface area (Å²) in [5.41, 5.74) is 0.981. The highest BCUT2D eigenvalue weighted by Crippen LogP contribution is 2.33. The van der Waals surface area contributed by atoms with Crippen molar-refractivity contribution in [3.63, 3.8) is 0 Å². The molecule has 0 spiro atoms. The number of hydrogen-bond donors (Lipinski definition) is 2. The van der Waals surface area contributed by atoms with Crippen LogP contribution in [0.3, 0.4) is 0 Å². The summed E-state index contributed by atoms with van der Waals surface area (Å²) in [7, 11) is -3.61. The van der Waals surface area contributed by atoms with E-state index in [0.29, 0.717) is 11.3 Å². The summed E-state index contributed by atoms with van der Waals surface area (Å²) in [6.07, 6.45) is 0. The van der Waals surface area contributed by atoms with Gasteiger partial charge in [-0.25, -0.2) is 18.1 Å². The lowest BCUT2D eigenvalue weighted by atomic mass is 10.1. The smallest absolute Gasteiger partial charge is 0.387 e. The van der Waals surface area contributed by atoms with E-state index in [9.17, 15) is 22.0 Å². The van der Waals surface area contributed by atoms with E-state index >= 15 is 0 Å². The Morgan fingerprint density at radius 3 is 2.53 bits per heavy atom. The minimum atomic E-state index is -3.61. The number of hydrogen-bond acceptors (Lipinski definition) is 6. The predicted molar refractivity (Wildman–Crippen MR) is 109 cm³/mol. The van der Waals surface area contributed by atoms with Gasteiger partial charge in [-0.15, -0.1) is 11.3 Å². The highest BCUT2D eigenvalue weighted by atomic mass is 32.2. The minimum absolute atomic E-state index is 0.0202. The molecule has 0 radical (unpaired) electrons.